The number of aromatic nitrogens is 1. The Balaban J connectivity index is 2.18. The van der Waals surface area contributed by atoms with Crippen molar-refractivity contribution in [3.63, 3.8) is 0 Å². The number of halogens is 1. The fourth-order valence-corrected chi connectivity index (χ4v) is 3.77. The molecule has 2 aromatic heterocycles. The Kier molecular flexibility index (Phi) is 4.41. The van der Waals surface area contributed by atoms with Crippen LogP contribution in [0, 0.1) is 0 Å². The van der Waals surface area contributed by atoms with E-state index in [1.807, 2.05) is 0 Å². The van der Waals surface area contributed by atoms with E-state index in [2.05, 4.69) is 15.0 Å². The van der Waals surface area contributed by atoms with Crippen molar-refractivity contribution in [2.24, 2.45) is 0 Å². The molecule has 0 atom stereocenters. The molecule has 0 unspecified atom stereocenters. The van der Waals surface area contributed by atoms with E-state index in [9.17, 15) is 8.42 Å². The normalized spacial score (nSPS) is 11.5. The summed E-state index contributed by atoms with van der Waals surface area (Å²) in [6.07, 6.45) is 1.53. The summed E-state index contributed by atoms with van der Waals surface area (Å²) in [6.45, 7) is 0.206. The van der Waals surface area contributed by atoms with Crippen LogP contribution in [0.3, 0.4) is 0 Å². The van der Waals surface area contributed by atoms with Gasteiger partial charge in [0.25, 0.3) is 0 Å². The van der Waals surface area contributed by atoms with Gasteiger partial charge in [0.15, 0.2) is 0 Å². The van der Waals surface area contributed by atoms with Crippen LogP contribution in [0.4, 0.5) is 5.82 Å². The van der Waals surface area contributed by atoms with Gasteiger partial charge in [0.05, 0.1) is 4.34 Å². The summed E-state index contributed by atoms with van der Waals surface area (Å²) in [5.74, 6) is 0.319. The number of thiophene rings is 1. The number of nitrogens with zero attached hydrogens (tertiary/aromatic N) is 1. The summed E-state index contributed by atoms with van der Waals surface area (Å²) in [5, 5.41) is 2.76. The molecular formula is C11H12ClN3O2S2. The van der Waals surface area contributed by atoms with Crippen molar-refractivity contribution < 1.29 is 8.42 Å². The van der Waals surface area contributed by atoms with Gasteiger partial charge in [0.1, 0.15) is 10.7 Å². The van der Waals surface area contributed by atoms with Crippen molar-refractivity contribution in [1.82, 2.24) is 9.71 Å². The molecule has 0 fully saturated rings. The van der Waals surface area contributed by atoms with Gasteiger partial charge in [-0.2, -0.15) is 0 Å². The van der Waals surface area contributed by atoms with Crippen LogP contribution in [0.1, 0.15) is 4.88 Å². The molecule has 102 valence electrons. The minimum atomic E-state index is -3.60. The van der Waals surface area contributed by atoms with E-state index >= 15 is 0 Å². The number of pyridine rings is 1. The first-order chi connectivity index (χ1) is 9.03. The highest BCUT2D eigenvalue weighted by Crippen LogP contribution is 2.22. The van der Waals surface area contributed by atoms with E-state index in [1.54, 1.807) is 25.2 Å². The van der Waals surface area contributed by atoms with Crippen LogP contribution in [-0.4, -0.2) is 20.4 Å². The summed E-state index contributed by atoms with van der Waals surface area (Å²) >= 11 is 7.14. The molecule has 2 N–H and O–H groups in total. The Morgan fingerprint density at radius 3 is 2.79 bits per heavy atom. The van der Waals surface area contributed by atoms with Gasteiger partial charge in [-0.15, -0.1) is 11.3 Å². The Morgan fingerprint density at radius 1 is 1.37 bits per heavy atom. The summed E-state index contributed by atoms with van der Waals surface area (Å²) in [5.41, 5.74) is 0. The lowest BCUT2D eigenvalue weighted by molar-refractivity contribution is 0.582. The smallest absolute Gasteiger partial charge is 0.244 e. The van der Waals surface area contributed by atoms with Crippen molar-refractivity contribution >= 4 is 38.8 Å². The molecule has 0 aliphatic rings. The van der Waals surface area contributed by atoms with Crippen molar-refractivity contribution in [2.45, 2.75) is 11.4 Å². The van der Waals surface area contributed by atoms with Crippen LogP contribution in [0.5, 0.6) is 0 Å². The second-order valence-corrected chi connectivity index (χ2v) is 7.17. The van der Waals surface area contributed by atoms with Crippen molar-refractivity contribution in [1.29, 1.82) is 0 Å². The number of hydrogen-bond acceptors (Lipinski definition) is 5. The van der Waals surface area contributed by atoms with E-state index in [0.717, 1.165) is 4.88 Å². The molecule has 0 aliphatic carbocycles. The predicted molar refractivity (Wildman–Crippen MR) is 77.1 cm³/mol. The summed E-state index contributed by atoms with van der Waals surface area (Å²) in [7, 11) is -1.98. The maximum absolute atomic E-state index is 12.2. The maximum Gasteiger partial charge on any atom is 0.244 e. The van der Waals surface area contributed by atoms with E-state index in [4.69, 9.17) is 11.6 Å². The zero-order chi connectivity index (χ0) is 13.9. The number of sulfonamides is 1. The molecule has 0 bridgehead atoms. The van der Waals surface area contributed by atoms with Crippen LogP contribution < -0.4 is 10.0 Å². The molecule has 5 nitrogen and oxygen atoms in total. The van der Waals surface area contributed by atoms with Crippen LogP contribution in [0.25, 0.3) is 0 Å². The summed E-state index contributed by atoms with van der Waals surface area (Å²) in [6, 6.07) is 6.61. The number of nitrogens with one attached hydrogen (secondary N) is 2. The Morgan fingerprint density at radius 2 is 2.16 bits per heavy atom. The molecule has 0 aliphatic heterocycles. The standard InChI is InChI=1S/C11H12ClN3O2S2/c1-13-11-9(3-2-6-14-11)19(16,17)15-7-8-4-5-10(12)18-8/h2-6,15H,7H2,1H3,(H,13,14). The number of rotatable bonds is 5. The average Bonchev–Trinajstić information content (AvgIpc) is 2.82. The zero-order valence-corrected chi connectivity index (χ0v) is 12.4. The topological polar surface area (TPSA) is 71.1 Å². The summed E-state index contributed by atoms with van der Waals surface area (Å²) in [4.78, 5) is 4.95. The highest BCUT2D eigenvalue weighted by molar-refractivity contribution is 7.89. The monoisotopic (exact) mass is 317 g/mol. The molecule has 2 rings (SSSR count). The van der Waals surface area contributed by atoms with Gasteiger partial charge in [-0.05, 0) is 24.3 Å². The van der Waals surface area contributed by atoms with Crippen molar-refractivity contribution in [3.05, 3.63) is 39.7 Å². The van der Waals surface area contributed by atoms with E-state index < -0.39 is 10.0 Å². The fourth-order valence-electron chi connectivity index (χ4n) is 1.49. The quantitative estimate of drug-likeness (QED) is 0.888. The molecule has 0 radical (unpaired) electrons. The molecule has 0 saturated carbocycles. The Bertz CT molecular complexity index is 670. The molecule has 8 heteroatoms. The minimum Gasteiger partial charge on any atom is -0.372 e. The molecule has 0 aromatic carbocycles. The van der Waals surface area contributed by atoms with Crippen LogP contribution in [-0.2, 0) is 16.6 Å². The SMILES string of the molecule is CNc1ncccc1S(=O)(=O)NCc1ccc(Cl)s1. The maximum atomic E-state index is 12.2. The van der Waals surface area contributed by atoms with E-state index in [-0.39, 0.29) is 11.4 Å². The largest absolute Gasteiger partial charge is 0.372 e. The van der Waals surface area contributed by atoms with Crippen molar-refractivity contribution in [3.8, 4) is 0 Å². The first-order valence-corrected chi connectivity index (χ1v) is 8.07. The van der Waals surface area contributed by atoms with E-state index in [1.165, 1.54) is 23.6 Å². The lowest BCUT2D eigenvalue weighted by Crippen LogP contribution is -2.24. The van der Waals surface area contributed by atoms with Gasteiger partial charge >= 0.3 is 0 Å². The second kappa shape index (κ2) is 5.87. The molecular weight excluding hydrogens is 306 g/mol. The van der Waals surface area contributed by atoms with Crippen LogP contribution in [0.2, 0.25) is 4.34 Å². The van der Waals surface area contributed by atoms with Gasteiger partial charge in [-0.25, -0.2) is 18.1 Å². The van der Waals surface area contributed by atoms with Gasteiger partial charge in [-0.1, -0.05) is 11.6 Å². The first kappa shape index (κ1) is 14.3. The highest BCUT2D eigenvalue weighted by Gasteiger charge is 2.18. The third-order valence-electron chi connectivity index (χ3n) is 2.36. The average molecular weight is 318 g/mol. The van der Waals surface area contributed by atoms with Crippen molar-refractivity contribution in [2.75, 3.05) is 12.4 Å². The Labute approximate surface area is 120 Å². The number of hydrogen-bond donors (Lipinski definition) is 2. The second-order valence-electron chi connectivity index (χ2n) is 3.63. The van der Waals surface area contributed by atoms with E-state index in [0.29, 0.717) is 10.2 Å². The van der Waals surface area contributed by atoms with Crippen LogP contribution in [0.15, 0.2) is 35.4 Å². The predicted octanol–water partition coefficient (Wildman–Crippen LogP) is 2.32. The molecule has 0 saturated heterocycles. The molecule has 2 aromatic rings. The third kappa shape index (κ3) is 3.44. The van der Waals surface area contributed by atoms with Gasteiger partial charge < -0.3 is 5.32 Å². The molecule has 2 heterocycles. The molecule has 0 spiro atoms. The first-order valence-electron chi connectivity index (χ1n) is 5.39. The van der Waals surface area contributed by atoms with Gasteiger partial charge in [-0.3, -0.25) is 0 Å². The minimum absolute atomic E-state index is 0.125. The molecule has 0 amide bonds. The Hall–Kier alpha value is -1.15. The van der Waals surface area contributed by atoms with Crippen LogP contribution >= 0.6 is 22.9 Å². The van der Waals surface area contributed by atoms with Gasteiger partial charge in [0.2, 0.25) is 10.0 Å². The highest BCUT2D eigenvalue weighted by atomic mass is 35.5. The zero-order valence-electron chi connectivity index (χ0n) is 10.1. The fraction of sp³-hybridized carbons (Fsp3) is 0.182. The lowest BCUT2D eigenvalue weighted by Gasteiger charge is -2.09. The molecule has 19 heavy (non-hydrogen) atoms. The number of anilines is 1. The summed E-state index contributed by atoms with van der Waals surface area (Å²) < 4.78 is 27.5. The third-order valence-corrected chi connectivity index (χ3v) is 5.03. The van der Waals surface area contributed by atoms with Gasteiger partial charge in [0, 0.05) is 24.7 Å². The lowest BCUT2D eigenvalue weighted by atomic mass is 10.5.